The van der Waals surface area contributed by atoms with Crippen LogP contribution in [-0.4, -0.2) is 10.2 Å². The molecule has 112 valence electrons. The van der Waals surface area contributed by atoms with E-state index in [1.165, 1.54) is 30.5 Å². The number of benzene rings is 2. The van der Waals surface area contributed by atoms with Crippen molar-refractivity contribution >= 4 is 0 Å². The molecule has 4 nitrogen and oxygen atoms in total. The summed E-state index contributed by atoms with van der Waals surface area (Å²) < 4.78 is 32.2. The summed E-state index contributed by atoms with van der Waals surface area (Å²) in [7, 11) is 0. The number of halogens is 2. The zero-order valence-corrected chi connectivity index (χ0v) is 11.5. The second kappa shape index (κ2) is 5.95. The molecular formula is C16H13F2N3O. The molecule has 0 aliphatic carbocycles. The van der Waals surface area contributed by atoms with Crippen LogP contribution in [0, 0.1) is 11.6 Å². The zero-order valence-electron chi connectivity index (χ0n) is 11.5. The minimum atomic E-state index is -0.426. The lowest BCUT2D eigenvalue weighted by molar-refractivity contribution is 0.477. The summed E-state index contributed by atoms with van der Waals surface area (Å²) >= 11 is 0. The normalized spacial score (nSPS) is 10.7. The molecule has 0 amide bonds. The van der Waals surface area contributed by atoms with Crippen molar-refractivity contribution in [3.05, 3.63) is 65.9 Å². The maximum absolute atomic E-state index is 13.5. The number of hydrogen-bond donors (Lipinski definition) is 2. The monoisotopic (exact) mass is 301 g/mol. The summed E-state index contributed by atoms with van der Waals surface area (Å²) in [6.07, 6.45) is 1.48. The first-order chi connectivity index (χ1) is 10.7. The fourth-order valence-corrected chi connectivity index (χ4v) is 2.10. The number of nitrogens with one attached hydrogen (secondary N) is 1. The third kappa shape index (κ3) is 2.96. The van der Waals surface area contributed by atoms with Gasteiger partial charge in [-0.15, -0.1) is 0 Å². The largest absolute Gasteiger partial charge is 0.453 e. The van der Waals surface area contributed by atoms with Crippen LogP contribution in [0.25, 0.3) is 11.3 Å². The van der Waals surface area contributed by atoms with E-state index < -0.39 is 5.82 Å². The van der Waals surface area contributed by atoms with Crippen LogP contribution in [0.2, 0.25) is 0 Å². The predicted octanol–water partition coefficient (Wildman–Crippen LogP) is 3.61. The van der Waals surface area contributed by atoms with Gasteiger partial charge >= 0.3 is 0 Å². The van der Waals surface area contributed by atoms with E-state index in [0.717, 1.165) is 0 Å². The minimum absolute atomic E-state index is 0.213. The first kappa shape index (κ1) is 14.2. The van der Waals surface area contributed by atoms with Gasteiger partial charge in [-0.2, -0.15) is 5.10 Å². The van der Waals surface area contributed by atoms with Crippen molar-refractivity contribution in [3.8, 4) is 22.8 Å². The Morgan fingerprint density at radius 2 is 1.82 bits per heavy atom. The predicted molar refractivity (Wildman–Crippen MR) is 78.3 cm³/mol. The van der Waals surface area contributed by atoms with Crippen LogP contribution in [0.1, 0.15) is 5.56 Å². The third-order valence-electron chi connectivity index (χ3n) is 3.13. The van der Waals surface area contributed by atoms with Gasteiger partial charge in [0.15, 0.2) is 5.75 Å². The lowest BCUT2D eigenvalue weighted by Gasteiger charge is -2.08. The van der Waals surface area contributed by atoms with Gasteiger partial charge < -0.3 is 10.5 Å². The number of aromatic amines is 1. The minimum Gasteiger partial charge on any atom is -0.453 e. The highest BCUT2D eigenvalue weighted by molar-refractivity contribution is 5.66. The first-order valence-corrected chi connectivity index (χ1v) is 6.62. The molecule has 6 heteroatoms. The van der Waals surface area contributed by atoms with Gasteiger partial charge in [0, 0.05) is 18.2 Å². The Morgan fingerprint density at radius 1 is 1.05 bits per heavy atom. The van der Waals surface area contributed by atoms with Crippen LogP contribution in [0.15, 0.2) is 48.7 Å². The average Bonchev–Trinajstić information content (AvgIpc) is 2.95. The molecule has 3 aromatic rings. The Kier molecular flexibility index (Phi) is 3.84. The summed E-state index contributed by atoms with van der Waals surface area (Å²) in [5.41, 5.74) is 7.44. The van der Waals surface area contributed by atoms with Gasteiger partial charge in [-0.1, -0.05) is 0 Å². The van der Waals surface area contributed by atoms with Gasteiger partial charge in [0.25, 0.3) is 0 Å². The summed E-state index contributed by atoms with van der Waals surface area (Å²) in [5.74, 6) is -0.0152. The van der Waals surface area contributed by atoms with Crippen molar-refractivity contribution in [2.45, 2.75) is 6.54 Å². The number of H-pyrrole nitrogens is 1. The number of nitrogens with two attached hydrogens (primary N) is 1. The molecule has 0 spiro atoms. The number of rotatable bonds is 4. The van der Waals surface area contributed by atoms with Crippen LogP contribution in [-0.2, 0) is 6.54 Å². The molecule has 0 bridgehead atoms. The van der Waals surface area contributed by atoms with E-state index in [-0.39, 0.29) is 12.4 Å². The van der Waals surface area contributed by atoms with Gasteiger partial charge in [0.2, 0.25) is 0 Å². The topological polar surface area (TPSA) is 63.9 Å². The van der Waals surface area contributed by atoms with Gasteiger partial charge in [-0.25, -0.2) is 8.78 Å². The second-order valence-corrected chi connectivity index (χ2v) is 4.72. The molecule has 0 aliphatic heterocycles. The van der Waals surface area contributed by atoms with E-state index in [9.17, 15) is 8.78 Å². The Balaban J connectivity index is 1.92. The SMILES string of the molecule is NCc1cc(F)cc(Oc2cn[nH]c2-c2ccc(F)cc2)c1. The van der Waals surface area contributed by atoms with Crippen LogP contribution >= 0.6 is 0 Å². The summed E-state index contributed by atoms with van der Waals surface area (Å²) in [5, 5.41) is 6.71. The zero-order chi connectivity index (χ0) is 15.5. The Hall–Kier alpha value is -2.73. The van der Waals surface area contributed by atoms with Crippen molar-refractivity contribution in [2.75, 3.05) is 0 Å². The van der Waals surface area contributed by atoms with Crippen molar-refractivity contribution in [2.24, 2.45) is 5.73 Å². The molecule has 3 N–H and O–H groups in total. The molecule has 1 heterocycles. The van der Waals surface area contributed by atoms with E-state index in [0.29, 0.717) is 28.3 Å². The van der Waals surface area contributed by atoms with Crippen LogP contribution in [0.5, 0.6) is 11.5 Å². The van der Waals surface area contributed by atoms with E-state index in [4.69, 9.17) is 10.5 Å². The average molecular weight is 301 g/mol. The second-order valence-electron chi connectivity index (χ2n) is 4.72. The fourth-order valence-electron chi connectivity index (χ4n) is 2.10. The maximum Gasteiger partial charge on any atom is 0.172 e. The highest BCUT2D eigenvalue weighted by Gasteiger charge is 2.11. The van der Waals surface area contributed by atoms with Gasteiger partial charge in [0.05, 0.1) is 6.20 Å². The van der Waals surface area contributed by atoms with Crippen LogP contribution < -0.4 is 10.5 Å². The number of nitrogens with zero attached hydrogens (tertiary/aromatic N) is 1. The van der Waals surface area contributed by atoms with Gasteiger partial charge in [0.1, 0.15) is 23.1 Å². The van der Waals surface area contributed by atoms with Crippen LogP contribution in [0.4, 0.5) is 8.78 Å². The molecule has 3 rings (SSSR count). The molecule has 0 radical (unpaired) electrons. The number of aromatic nitrogens is 2. The molecule has 0 aliphatic rings. The van der Waals surface area contributed by atoms with E-state index >= 15 is 0 Å². The third-order valence-corrected chi connectivity index (χ3v) is 3.13. The quantitative estimate of drug-likeness (QED) is 0.774. The lowest BCUT2D eigenvalue weighted by atomic mass is 10.1. The van der Waals surface area contributed by atoms with Gasteiger partial charge in [-0.3, -0.25) is 5.10 Å². The van der Waals surface area contributed by atoms with Crippen LogP contribution in [0.3, 0.4) is 0 Å². The Morgan fingerprint density at radius 3 is 2.55 bits per heavy atom. The molecule has 0 saturated heterocycles. The van der Waals surface area contributed by atoms with E-state index in [2.05, 4.69) is 10.2 Å². The van der Waals surface area contributed by atoms with Gasteiger partial charge in [-0.05, 0) is 42.0 Å². The first-order valence-electron chi connectivity index (χ1n) is 6.62. The van der Waals surface area contributed by atoms with E-state index in [1.54, 1.807) is 18.2 Å². The Bertz CT molecular complexity index is 784. The summed E-state index contributed by atoms with van der Waals surface area (Å²) in [6, 6.07) is 10.2. The van der Waals surface area contributed by atoms with Crippen molar-refractivity contribution in [1.82, 2.24) is 10.2 Å². The number of hydrogen-bond acceptors (Lipinski definition) is 3. The lowest BCUT2D eigenvalue weighted by Crippen LogP contribution is -1.97. The molecule has 0 saturated carbocycles. The smallest absolute Gasteiger partial charge is 0.172 e. The van der Waals surface area contributed by atoms with Crippen molar-refractivity contribution < 1.29 is 13.5 Å². The highest BCUT2D eigenvalue weighted by atomic mass is 19.1. The molecule has 0 unspecified atom stereocenters. The maximum atomic E-state index is 13.5. The van der Waals surface area contributed by atoms with Crippen molar-refractivity contribution in [3.63, 3.8) is 0 Å². The molecule has 1 aromatic heterocycles. The summed E-state index contributed by atoms with van der Waals surface area (Å²) in [6.45, 7) is 0.213. The molecular weight excluding hydrogens is 288 g/mol. The molecule has 22 heavy (non-hydrogen) atoms. The standard InChI is InChI=1S/C16H13F2N3O/c17-12-3-1-11(2-4-12)16-15(9-20-21-16)22-14-6-10(8-19)5-13(18)7-14/h1-7,9H,8,19H2,(H,20,21). The van der Waals surface area contributed by atoms with E-state index in [1.807, 2.05) is 0 Å². The van der Waals surface area contributed by atoms with Crippen molar-refractivity contribution in [1.29, 1.82) is 0 Å². The Labute approximate surface area is 125 Å². The molecule has 2 aromatic carbocycles. The molecule has 0 atom stereocenters. The highest BCUT2D eigenvalue weighted by Crippen LogP contribution is 2.32. The fraction of sp³-hybridized carbons (Fsp3) is 0.0625. The number of ether oxygens (including phenoxy) is 1. The summed E-state index contributed by atoms with van der Waals surface area (Å²) in [4.78, 5) is 0. The molecule has 0 fully saturated rings.